The van der Waals surface area contributed by atoms with Crippen LogP contribution in [-0.2, 0) is 23.2 Å². The average Bonchev–Trinajstić information content (AvgIpc) is 3.36. The van der Waals surface area contributed by atoms with Gasteiger partial charge in [-0.1, -0.05) is 60.2 Å². The normalized spacial score (nSPS) is 20.0. The molecule has 0 radical (unpaired) electrons. The second kappa shape index (κ2) is 7.20. The van der Waals surface area contributed by atoms with Crippen LogP contribution in [-0.4, -0.2) is 38.7 Å². The van der Waals surface area contributed by atoms with Gasteiger partial charge in [-0.15, -0.1) is 10.2 Å². The minimum atomic E-state index is -0.260. The maximum atomic E-state index is 13.1. The molecule has 3 heterocycles. The molecular formula is C24H24N4O2. The van der Waals surface area contributed by atoms with E-state index in [4.69, 9.17) is 0 Å². The van der Waals surface area contributed by atoms with Crippen molar-refractivity contribution in [2.75, 3.05) is 13.1 Å². The fourth-order valence-corrected chi connectivity index (χ4v) is 4.70. The van der Waals surface area contributed by atoms with E-state index in [2.05, 4.69) is 10.2 Å². The lowest BCUT2D eigenvalue weighted by Gasteiger charge is -2.23. The molecule has 0 N–H and O–H groups in total. The third kappa shape index (κ3) is 3.12. The topological polar surface area (TPSA) is 68.1 Å². The summed E-state index contributed by atoms with van der Waals surface area (Å²) in [5, 5.41) is 8.79. The number of fused-ring (bicyclic) bond motifs is 2. The van der Waals surface area contributed by atoms with E-state index >= 15 is 0 Å². The predicted octanol–water partition coefficient (Wildman–Crippen LogP) is 2.73. The minimum Gasteiger partial charge on any atom is -0.341 e. The number of nitrogens with zero attached hydrogens (tertiary/aromatic N) is 4. The van der Waals surface area contributed by atoms with Gasteiger partial charge >= 0.3 is 0 Å². The van der Waals surface area contributed by atoms with Gasteiger partial charge in [0.2, 0.25) is 5.91 Å². The lowest BCUT2D eigenvalue weighted by atomic mass is 9.85. The quantitative estimate of drug-likeness (QED) is 0.678. The van der Waals surface area contributed by atoms with Crippen LogP contribution < -0.4 is 5.56 Å². The average molecular weight is 400 g/mol. The van der Waals surface area contributed by atoms with E-state index < -0.39 is 0 Å². The smallest absolute Gasteiger partial charge is 0.280 e. The molecule has 0 bridgehead atoms. The number of hydrogen-bond acceptors (Lipinski definition) is 4. The fraction of sp³-hybridized carbons (Fsp3) is 0.333. The molecular weight excluding hydrogens is 376 g/mol. The summed E-state index contributed by atoms with van der Waals surface area (Å²) in [7, 11) is 0. The molecule has 1 saturated heterocycles. The molecule has 1 amide bonds. The van der Waals surface area contributed by atoms with Gasteiger partial charge in [0.05, 0.1) is 11.8 Å². The number of amides is 1. The molecule has 1 spiro atoms. The van der Waals surface area contributed by atoms with Crippen molar-refractivity contribution < 1.29 is 4.79 Å². The first-order valence-electron chi connectivity index (χ1n) is 10.4. The molecule has 5 rings (SSSR count). The molecule has 30 heavy (non-hydrogen) atoms. The largest absolute Gasteiger partial charge is 0.341 e. The molecule has 152 valence electrons. The molecule has 0 aliphatic carbocycles. The van der Waals surface area contributed by atoms with Crippen LogP contribution in [0.15, 0.2) is 59.4 Å². The summed E-state index contributed by atoms with van der Waals surface area (Å²) < 4.78 is 1.77. The molecule has 2 aliphatic heterocycles. The first-order chi connectivity index (χ1) is 14.6. The number of aromatic nitrogens is 3. The Hall–Kier alpha value is -3.28. The molecule has 1 aromatic heterocycles. The molecule has 2 aromatic carbocycles. The van der Waals surface area contributed by atoms with Crippen molar-refractivity contribution >= 4 is 5.91 Å². The van der Waals surface area contributed by atoms with Crippen LogP contribution in [0, 0.1) is 6.92 Å². The highest BCUT2D eigenvalue weighted by atomic mass is 16.2. The Labute approximate surface area is 175 Å². The summed E-state index contributed by atoms with van der Waals surface area (Å²) >= 11 is 0. The second-order valence-electron chi connectivity index (χ2n) is 8.45. The summed E-state index contributed by atoms with van der Waals surface area (Å²) in [6, 6.07) is 17.6. The molecule has 2 aliphatic rings. The highest BCUT2D eigenvalue weighted by molar-refractivity contribution is 5.79. The highest BCUT2D eigenvalue weighted by Crippen LogP contribution is 2.40. The van der Waals surface area contributed by atoms with E-state index in [-0.39, 0.29) is 16.9 Å². The van der Waals surface area contributed by atoms with Crippen molar-refractivity contribution in [2.24, 2.45) is 0 Å². The van der Waals surface area contributed by atoms with E-state index in [0.717, 1.165) is 29.8 Å². The van der Waals surface area contributed by atoms with Gasteiger partial charge in [0, 0.05) is 25.2 Å². The zero-order valence-corrected chi connectivity index (χ0v) is 17.0. The SMILES string of the molecule is Cc1ccc(CC(=O)N2CC[C@@]3(CCn4c3nnc(-c3ccccc3)c4=O)C2)cc1. The maximum absolute atomic E-state index is 13.1. The number of carbonyl (C=O) groups is 1. The molecule has 0 saturated carbocycles. The summed E-state index contributed by atoms with van der Waals surface area (Å²) in [4.78, 5) is 27.9. The standard InChI is InChI=1S/C24H24N4O2/c1-17-7-9-18(10-8-17)15-20(29)27-13-11-24(16-27)12-14-28-22(30)21(25-26-23(24)28)19-5-3-2-4-6-19/h2-10H,11-16H2,1H3/t24-/m1/s1. The molecule has 1 atom stereocenters. The van der Waals surface area contributed by atoms with Gasteiger partial charge in [-0.25, -0.2) is 0 Å². The number of benzene rings is 2. The number of rotatable bonds is 3. The van der Waals surface area contributed by atoms with Crippen LogP contribution in [0.2, 0.25) is 0 Å². The molecule has 3 aromatic rings. The van der Waals surface area contributed by atoms with Crippen LogP contribution in [0.3, 0.4) is 0 Å². The van der Waals surface area contributed by atoms with E-state index in [0.29, 0.717) is 31.7 Å². The molecule has 0 unspecified atom stereocenters. The van der Waals surface area contributed by atoms with Crippen molar-refractivity contribution in [3.8, 4) is 11.3 Å². The van der Waals surface area contributed by atoms with E-state index in [9.17, 15) is 9.59 Å². The van der Waals surface area contributed by atoms with Gasteiger partial charge in [0.1, 0.15) is 5.82 Å². The van der Waals surface area contributed by atoms with Crippen molar-refractivity contribution in [1.29, 1.82) is 0 Å². The lowest BCUT2D eigenvalue weighted by Crippen LogP contribution is -2.36. The van der Waals surface area contributed by atoms with E-state index in [1.165, 1.54) is 5.56 Å². The summed E-state index contributed by atoms with van der Waals surface area (Å²) in [5.74, 6) is 0.864. The van der Waals surface area contributed by atoms with Crippen LogP contribution >= 0.6 is 0 Å². The van der Waals surface area contributed by atoms with Crippen molar-refractivity contribution in [1.82, 2.24) is 19.7 Å². The van der Waals surface area contributed by atoms with Gasteiger partial charge in [-0.05, 0) is 25.3 Å². The van der Waals surface area contributed by atoms with E-state index in [1.807, 2.05) is 66.4 Å². The predicted molar refractivity (Wildman–Crippen MR) is 114 cm³/mol. The fourth-order valence-electron chi connectivity index (χ4n) is 4.70. The zero-order chi connectivity index (χ0) is 20.7. The second-order valence-corrected chi connectivity index (χ2v) is 8.45. The van der Waals surface area contributed by atoms with Gasteiger partial charge in [0.25, 0.3) is 5.56 Å². The lowest BCUT2D eigenvalue weighted by molar-refractivity contribution is -0.129. The maximum Gasteiger partial charge on any atom is 0.280 e. The van der Waals surface area contributed by atoms with Crippen LogP contribution in [0.1, 0.15) is 29.8 Å². The van der Waals surface area contributed by atoms with Gasteiger partial charge < -0.3 is 4.90 Å². The number of carbonyl (C=O) groups excluding carboxylic acids is 1. The van der Waals surface area contributed by atoms with Crippen LogP contribution in [0.5, 0.6) is 0 Å². The van der Waals surface area contributed by atoms with Crippen LogP contribution in [0.25, 0.3) is 11.3 Å². The van der Waals surface area contributed by atoms with Crippen LogP contribution in [0.4, 0.5) is 0 Å². The molecule has 6 heteroatoms. The zero-order valence-electron chi connectivity index (χ0n) is 17.0. The third-order valence-electron chi connectivity index (χ3n) is 6.47. The van der Waals surface area contributed by atoms with Crippen molar-refractivity contribution in [3.05, 3.63) is 81.9 Å². The Morgan fingerprint density at radius 2 is 1.73 bits per heavy atom. The van der Waals surface area contributed by atoms with Gasteiger partial charge in [-0.2, -0.15) is 0 Å². The first-order valence-corrected chi connectivity index (χ1v) is 10.4. The van der Waals surface area contributed by atoms with Crippen molar-refractivity contribution in [2.45, 2.75) is 38.1 Å². The Morgan fingerprint density at radius 3 is 2.50 bits per heavy atom. The number of aryl methyl sites for hydroxylation is 1. The minimum absolute atomic E-state index is 0.0903. The summed E-state index contributed by atoms with van der Waals surface area (Å²) in [5.41, 5.74) is 3.04. The summed E-state index contributed by atoms with van der Waals surface area (Å²) in [6.45, 7) is 3.97. The highest BCUT2D eigenvalue weighted by Gasteiger charge is 2.48. The third-order valence-corrected chi connectivity index (χ3v) is 6.47. The Bertz CT molecular complexity index is 1150. The summed E-state index contributed by atoms with van der Waals surface area (Å²) in [6.07, 6.45) is 2.05. The molecule has 1 fully saturated rings. The monoisotopic (exact) mass is 400 g/mol. The Balaban J connectivity index is 1.38. The number of likely N-dealkylation sites (tertiary alicyclic amines) is 1. The molecule has 6 nitrogen and oxygen atoms in total. The number of hydrogen-bond donors (Lipinski definition) is 0. The van der Waals surface area contributed by atoms with Crippen molar-refractivity contribution in [3.63, 3.8) is 0 Å². The Morgan fingerprint density at radius 1 is 1.00 bits per heavy atom. The Kier molecular flexibility index (Phi) is 4.50. The van der Waals surface area contributed by atoms with Gasteiger partial charge in [0.15, 0.2) is 5.69 Å². The van der Waals surface area contributed by atoms with Gasteiger partial charge in [-0.3, -0.25) is 14.2 Å². The first kappa shape index (κ1) is 18.7. The van der Waals surface area contributed by atoms with E-state index in [1.54, 1.807) is 4.57 Å².